The number of aliphatic hydroxyl groups is 1. The first kappa shape index (κ1) is 8.16. The van der Waals surface area contributed by atoms with E-state index in [0.29, 0.717) is 0 Å². The smallest absolute Gasteiger partial charge is 0.185 e. The molecule has 1 atom stereocenters. The van der Waals surface area contributed by atoms with Gasteiger partial charge < -0.3 is 15.1 Å². The van der Waals surface area contributed by atoms with E-state index in [2.05, 4.69) is 5.16 Å². The summed E-state index contributed by atoms with van der Waals surface area (Å²) in [5.74, 6) is -0.266. The van der Waals surface area contributed by atoms with Crippen LogP contribution in [0, 0.1) is 0 Å². The van der Waals surface area contributed by atoms with Crippen LogP contribution in [-0.4, -0.2) is 41.1 Å². The van der Waals surface area contributed by atoms with Crippen LogP contribution in [0.25, 0.3) is 0 Å². The van der Waals surface area contributed by atoms with Gasteiger partial charge in [0.05, 0.1) is 19.3 Å². The van der Waals surface area contributed by atoms with Gasteiger partial charge in [0.15, 0.2) is 5.78 Å². The molecule has 5 nitrogen and oxygen atoms in total. The Bertz CT molecular complexity index is 189. The van der Waals surface area contributed by atoms with E-state index in [1.807, 2.05) is 0 Å². The SMILES string of the molecule is O=C1CC(CO)OC/C1=N/O. The third-order valence-corrected chi connectivity index (χ3v) is 1.52. The van der Waals surface area contributed by atoms with Gasteiger partial charge in [0.2, 0.25) is 0 Å². The Balaban J connectivity index is 2.55. The Morgan fingerprint density at radius 3 is 2.91 bits per heavy atom. The van der Waals surface area contributed by atoms with Crippen LogP contribution >= 0.6 is 0 Å². The molecule has 2 N–H and O–H groups in total. The number of oxime groups is 1. The normalized spacial score (nSPS) is 29.4. The summed E-state index contributed by atoms with van der Waals surface area (Å²) in [5.41, 5.74) is 0.0229. The highest BCUT2D eigenvalue weighted by Gasteiger charge is 2.25. The quantitative estimate of drug-likeness (QED) is 0.386. The fourth-order valence-corrected chi connectivity index (χ4v) is 0.863. The van der Waals surface area contributed by atoms with Gasteiger partial charge in [-0.3, -0.25) is 4.79 Å². The summed E-state index contributed by atoms with van der Waals surface area (Å²) < 4.78 is 4.94. The minimum absolute atomic E-state index is 0.0133. The molecule has 0 aromatic heterocycles. The number of aliphatic hydroxyl groups excluding tert-OH is 1. The van der Waals surface area contributed by atoms with E-state index in [0.717, 1.165) is 0 Å². The molecule has 0 aromatic rings. The molecule has 62 valence electrons. The van der Waals surface area contributed by atoms with Gasteiger partial charge >= 0.3 is 0 Å². The Hall–Kier alpha value is -0.940. The average Bonchev–Trinajstić information content (AvgIpc) is 2.04. The average molecular weight is 159 g/mol. The number of nitrogens with zero attached hydrogens (tertiary/aromatic N) is 1. The number of rotatable bonds is 1. The van der Waals surface area contributed by atoms with Gasteiger partial charge in [-0.1, -0.05) is 5.16 Å². The highest BCUT2D eigenvalue weighted by Crippen LogP contribution is 2.06. The van der Waals surface area contributed by atoms with Crippen molar-refractivity contribution in [1.29, 1.82) is 0 Å². The van der Waals surface area contributed by atoms with Gasteiger partial charge in [-0.05, 0) is 0 Å². The summed E-state index contributed by atoms with van der Waals surface area (Å²) in [6, 6.07) is 0. The van der Waals surface area contributed by atoms with Crippen LogP contribution in [0.1, 0.15) is 6.42 Å². The Labute approximate surface area is 63.3 Å². The van der Waals surface area contributed by atoms with E-state index in [1.165, 1.54) is 0 Å². The highest BCUT2D eigenvalue weighted by atomic mass is 16.5. The molecule has 1 aliphatic heterocycles. The molecule has 11 heavy (non-hydrogen) atoms. The van der Waals surface area contributed by atoms with Crippen molar-refractivity contribution in [3.05, 3.63) is 0 Å². The van der Waals surface area contributed by atoms with Crippen LogP contribution in [0.4, 0.5) is 0 Å². The van der Waals surface area contributed by atoms with Gasteiger partial charge in [-0.15, -0.1) is 0 Å². The summed E-state index contributed by atoms with van der Waals surface area (Å²) >= 11 is 0. The molecular formula is C6H9NO4. The number of hydrogen-bond donors (Lipinski definition) is 2. The van der Waals surface area contributed by atoms with Crippen LogP contribution in [0.5, 0.6) is 0 Å². The van der Waals surface area contributed by atoms with E-state index < -0.39 is 6.10 Å². The molecule has 1 saturated heterocycles. The maximum Gasteiger partial charge on any atom is 0.185 e. The summed E-state index contributed by atoms with van der Waals surface area (Å²) in [4.78, 5) is 10.9. The zero-order valence-electron chi connectivity index (χ0n) is 5.86. The van der Waals surface area contributed by atoms with Crippen LogP contribution in [-0.2, 0) is 9.53 Å². The summed E-state index contributed by atoms with van der Waals surface area (Å²) in [6.45, 7) is -0.189. The molecule has 0 aromatic carbocycles. The molecule has 0 aliphatic carbocycles. The second-order valence-electron chi connectivity index (χ2n) is 2.29. The molecular weight excluding hydrogens is 150 g/mol. The van der Waals surface area contributed by atoms with Crippen molar-refractivity contribution >= 4 is 11.5 Å². The lowest BCUT2D eigenvalue weighted by atomic mass is 10.1. The minimum Gasteiger partial charge on any atom is -0.410 e. The number of carbonyl (C=O) groups is 1. The molecule has 0 radical (unpaired) electrons. The molecule has 1 heterocycles. The molecule has 1 unspecified atom stereocenters. The Morgan fingerprint density at radius 2 is 2.45 bits per heavy atom. The lowest BCUT2D eigenvalue weighted by Crippen LogP contribution is -2.36. The first-order valence-corrected chi connectivity index (χ1v) is 3.24. The maximum atomic E-state index is 10.9. The molecule has 1 fully saturated rings. The first-order valence-electron chi connectivity index (χ1n) is 3.24. The maximum absolute atomic E-state index is 10.9. The molecule has 0 spiro atoms. The third-order valence-electron chi connectivity index (χ3n) is 1.52. The Kier molecular flexibility index (Phi) is 2.56. The summed E-state index contributed by atoms with van der Waals surface area (Å²) in [6.07, 6.45) is -0.344. The number of carbonyl (C=O) groups excluding carboxylic acids is 1. The summed E-state index contributed by atoms with van der Waals surface area (Å²) in [5, 5.41) is 19.6. The van der Waals surface area contributed by atoms with Gasteiger partial charge in [-0.25, -0.2) is 0 Å². The number of ketones is 1. The van der Waals surface area contributed by atoms with Crippen LogP contribution in [0.15, 0.2) is 5.16 Å². The van der Waals surface area contributed by atoms with Crippen molar-refractivity contribution in [2.24, 2.45) is 5.16 Å². The predicted molar refractivity (Wildman–Crippen MR) is 35.7 cm³/mol. The zero-order chi connectivity index (χ0) is 8.27. The van der Waals surface area contributed by atoms with Gasteiger partial charge in [-0.2, -0.15) is 0 Å². The van der Waals surface area contributed by atoms with Crippen molar-refractivity contribution in [3.8, 4) is 0 Å². The van der Waals surface area contributed by atoms with Crippen molar-refractivity contribution in [3.63, 3.8) is 0 Å². The first-order chi connectivity index (χ1) is 5.27. The van der Waals surface area contributed by atoms with E-state index in [1.54, 1.807) is 0 Å². The number of ether oxygens (including phenoxy) is 1. The monoisotopic (exact) mass is 159 g/mol. The van der Waals surface area contributed by atoms with Crippen LogP contribution in [0.2, 0.25) is 0 Å². The largest absolute Gasteiger partial charge is 0.410 e. The van der Waals surface area contributed by atoms with E-state index >= 15 is 0 Å². The predicted octanol–water partition coefficient (Wildman–Crippen LogP) is -0.833. The minimum atomic E-state index is -0.437. The van der Waals surface area contributed by atoms with Crippen LogP contribution < -0.4 is 0 Å². The fraction of sp³-hybridized carbons (Fsp3) is 0.667. The zero-order valence-corrected chi connectivity index (χ0v) is 5.86. The standard InChI is InChI=1S/C6H9NO4/c8-2-4-1-6(9)5(7-10)3-11-4/h4,8,10H,1-3H2/b7-5-. The van der Waals surface area contributed by atoms with Crippen LogP contribution in [0.3, 0.4) is 0 Å². The highest BCUT2D eigenvalue weighted by molar-refractivity contribution is 6.40. The van der Waals surface area contributed by atoms with E-state index in [4.69, 9.17) is 15.1 Å². The van der Waals surface area contributed by atoms with E-state index in [9.17, 15) is 4.79 Å². The summed E-state index contributed by atoms with van der Waals surface area (Å²) in [7, 11) is 0. The van der Waals surface area contributed by atoms with Crippen molar-refractivity contribution < 1.29 is 19.8 Å². The fourth-order valence-electron chi connectivity index (χ4n) is 0.863. The van der Waals surface area contributed by atoms with Crippen molar-refractivity contribution in [2.45, 2.75) is 12.5 Å². The number of Topliss-reactive ketones (excluding diaryl/α,β-unsaturated/α-hetero) is 1. The molecule has 0 amide bonds. The number of hydrogen-bond acceptors (Lipinski definition) is 5. The lowest BCUT2D eigenvalue weighted by molar-refractivity contribution is -0.119. The van der Waals surface area contributed by atoms with E-state index in [-0.39, 0.29) is 31.1 Å². The van der Waals surface area contributed by atoms with Gasteiger partial charge in [0.25, 0.3) is 0 Å². The second kappa shape index (κ2) is 3.45. The van der Waals surface area contributed by atoms with Gasteiger partial charge in [0, 0.05) is 6.42 Å². The lowest BCUT2D eigenvalue weighted by Gasteiger charge is -2.19. The van der Waals surface area contributed by atoms with Crippen molar-refractivity contribution in [2.75, 3.05) is 13.2 Å². The molecule has 0 saturated carbocycles. The van der Waals surface area contributed by atoms with Gasteiger partial charge in [0.1, 0.15) is 5.71 Å². The molecule has 1 aliphatic rings. The molecule has 0 bridgehead atoms. The molecule has 5 heteroatoms. The van der Waals surface area contributed by atoms with Crippen molar-refractivity contribution in [1.82, 2.24) is 0 Å². The third kappa shape index (κ3) is 1.75. The topological polar surface area (TPSA) is 79.1 Å². The molecule has 1 rings (SSSR count). The second-order valence-corrected chi connectivity index (χ2v) is 2.29. The Morgan fingerprint density at radius 1 is 1.73 bits per heavy atom.